The molecule has 2 aromatic carbocycles. The summed E-state index contributed by atoms with van der Waals surface area (Å²) in [5.74, 6) is 0.135. The van der Waals surface area contributed by atoms with E-state index < -0.39 is 0 Å². The van der Waals surface area contributed by atoms with E-state index in [1.807, 2.05) is 38.1 Å². The number of carbonyl (C=O) groups excluding carboxylic acids is 1. The Morgan fingerprint density at radius 2 is 1.96 bits per heavy atom. The van der Waals surface area contributed by atoms with Crippen LogP contribution in [-0.2, 0) is 4.79 Å². The summed E-state index contributed by atoms with van der Waals surface area (Å²) in [4.78, 5) is 14.1. The van der Waals surface area contributed by atoms with Gasteiger partial charge in [0, 0.05) is 17.8 Å². The number of nitrogens with zero attached hydrogens (tertiary/aromatic N) is 3. The minimum atomic E-state index is -0.332. The number of anilines is 1. The number of thioether (sulfide) groups is 1. The first-order valence-electron chi connectivity index (χ1n) is 8.16. The van der Waals surface area contributed by atoms with Crippen LogP contribution >= 0.6 is 11.8 Å². The maximum Gasteiger partial charge on any atom is 0.277 e. The summed E-state index contributed by atoms with van der Waals surface area (Å²) >= 11 is 1.18. The fourth-order valence-corrected chi connectivity index (χ4v) is 3.13. The minimum absolute atomic E-state index is 0.112. The van der Waals surface area contributed by atoms with Crippen LogP contribution in [0, 0.1) is 12.7 Å². The van der Waals surface area contributed by atoms with Crippen molar-refractivity contribution in [3.8, 4) is 11.5 Å². The van der Waals surface area contributed by atoms with Crippen LogP contribution in [-0.4, -0.2) is 28.4 Å². The molecule has 0 radical (unpaired) electrons. The average molecular weight is 371 g/mol. The molecular formula is C19H18FN3O2S. The third-order valence-corrected chi connectivity index (χ3v) is 4.55. The fourth-order valence-electron chi connectivity index (χ4n) is 2.49. The Balaban J connectivity index is 1.65. The van der Waals surface area contributed by atoms with Crippen molar-refractivity contribution < 1.29 is 13.6 Å². The van der Waals surface area contributed by atoms with Gasteiger partial charge in [-0.05, 0) is 50.2 Å². The highest BCUT2D eigenvalue weighted by atomic mass is 32.2. The van der Waals surface area contributed by atoms with E-state index in [1.165, 1.54) is 23.9 Å². The van der Waals surface area contributed by atoms with Crippen LogP contribution < -0.4 is 4.90 Å². The molecule has 26 heavy (non-hydrogen) atoms. The maximum absolute atomic E-state index is 13.1. The monoisotopic (exact) mass is 371 g/mol. The Kier molecular flexibility index (Phi) is 5.68. The van der Waals surface area contributed by atoms with E-state index in [2.05, 4.69) is 10.2 Å². The molecule has 1 aromatic heterocycles. The molecular weight excluding hydrogens is 353 g/mol. The maximum atomic E-state index is 13.1. The van der Waals surface area contributed by atoms with Gasteiger partial charge < -0.3 is 9.32 Å². The quantitative estimate of drug-likeness (QED) is 0.604. The first kappa shape index (κ1) is 18.1. The van der Waals surface area contributed by atoms with E-state index in [4.69, 9.17) is 4.42 Å². The molecule has 0 spiro atoms. The van der Waals surface area contributed by atoms with E-state index >= 15 is 0 Å². The SMILES string of the molecule is CCN(C(=O)CSc1nnc(-c2cccc(C)c2)o1)c1ccc(F)cc1. The van der Waals surface area contributed by atoms with E-state index in [-0.39, 0.29) is 17.5 Å². The van der Waals surface area contributed by atoms with Crippen molar-refractivity contribution in [3.63, 3.8) is 0 Å². The Hall–Kier alpha value is -2.67. The number of amides is 1. The Morgan fingerprint density at radius 1 is 1.19 bits per heavy atom. The van der Waals surface area contributed by atoms with Crippen molar-refractivity contribution in [3.05, 3.63) is 59.9 Å². The van der Waals surface area contributed by atoms with Gasteiger partial charge in [0.05, 0.1) is 5.75 Å². The standard InChI is InChI=1S/C19H18FN3O2S/c1-3-23(16-9-7-15(20)8-10-16)17(24)12-26-19-22-21-18(25-19)14-6-4-5-13(2)11-14/h4-11H,3,12H2,1-2H3. The van der Waals surface area contributed by atoms with E-state index in [0.29, 0.717) is 23.3 Å². The van der Waals surface area contributed by atoms with Gasteiger partial charge in [-0.3, -0.25) is 4.79 Å². The van der Waals surface area contributed by atoms with Crippen molar-refractivity contribution in [1.82, 2.24) is 10.2 Å². The molecule has 0 atom stereocenters. The molecule has 0 bridgehead atoms. The van der Waals surface area contributed by atoms with Crippen molar-refractivity contribution in [2.45, 2.75) is 19.1 Å². The van der Waals surface area contributed by atoms with Crippen LogP contribution in [0.3, 0.4) is 0 Å². The zero-order valence-electron chi connectivity index (χ0n) is 14.5. The normalized spacial score (nSPS) is 10.7. The highest BCUT2D eigenvalue weighted by Crippen LogP contribution is 2.24. The molecule has 3 rings (SSSR count). The van der Waals surface area contributed by atoms with Crippen molar-refractivity contribution in [2.75, 3.05) is 17.2 Å². The molecule has 0 aliphatic carbocycles. The molecule has 5 nitrogen and oxygen atoms in total. The van der Waals surface area contributed by atoms with Gasteiger partial charge in [0.1, 0.15) is 5.82 Å². The molecule has 0 fully saturated rings. The van der Waals surface area contributed by atoms with Gasteiger partial charge in [-0.15, -0.1) is 10.2 Å². The summed E-state index contributed by atoms with van der Waals surface area (Å²) in [7, 11) is 0. The van der Waals surface area contributed by atoms with Gasteiger partial charge in [-0.2, -0.15) is 0 Å². The molecule has 0 aliphatic rings. The second-order valence-corrected chi connectivity index (χ2v) is 6.57. The molecule has 7 heteroatoms. The zero-order valence-corrected chi connectivity index (χ0v) is 15.3. The van der Waals surface area contributed by atoms with E-state index in [9.17, 15) is 9.18 Å². The van der Waals surface area contributed by atoms with Crippen molar-refractivity contribution in [2.24, 2.45) is 0 Å². The lowest BCUT2D eigenvalue weighted by Crippen LogP contribution is -2.32. The van der Waals surface area contributed by atoms with Gasteiger partial charge >= 0.3 is 0 Å². The molecule has 1 amide bonds. The number of hydrogen-bond acceptors (Lipinski definition) is 5. The first-order valence-corrected chi connectivity index (χ1v) is 9.14. The molecule has 0 unspecified atom stereocenters. The predicted molar refractivity (Wildman–Crippen MR) is 99.6 cm³/mol. The number of rotatable bonds is 6. The number of aromatic nitrogens is 2. The predicted octanol–water partition coefficient (Wildman–Crippen LogP) is 4.33. The molecule has 0 saturated heterocycles. The van der Waals surface area contributed by atoms with Crippen LogP contribution in [0.5, 0.6) is 0 Å². The number of halogens is 1. The lowest BCUT2D eigenvalue weighted by atomic mass is 10.1. The molecule has 0 N–H and O–H groups in total. The third kappa shape index (κ3) is 4.29. The minimum Gasteiger partial charge on any atom is -0.411 e. The first-order chi connectivity index (χ1) is 12.6. The molecule has 3 aromatic rings. The summed E-state index contributed by atoms with van der Waals surface area (Å²) in [5.41, 5.74) is 2.60. The second-order valence-electron chi connectivity index (χ2n) is 5.65. The third-order valence-electron chi connectivity index (χ3n) is 3.75. The fraction of sp³-hybridized carbons (Fsp3) is 0.211. The lowest BCUT2D eigenvalue weighted by Gasteiger charge is -2.20. The number of carbonyl (C=O) groups is 1. The molecule has 0 saturated carbocycles. The molecule has 1 heterocycles. The Labute approximate surface area is 155 Å². The van der Waals surface area contributed by atoms with Crippen LogP contribution in [0.15, 0.2) is 58.2 Å². The van der Waals surface area contributed by atoms with E-state index in [0.717, 1.165) is 11.1 Å². The summed E-state index contributed by atoms with van der Waals surface area (Å²) in [5, 5.41) is 8.36. The van der Waals surface area contributed by atoms with Crippen molar-refractivity contribution in [1.29, 1.82) is 0 Å². The Bertz CT molecular complexity index is 896. The number of hydrogen-bond donors (Lipinski definition) is 0. The van der Waals surface area contributed by atoms with Gasteiger partial charge in [0.2, 0.25) is 11.8 Å². The second kappa shape index (κ2) is 8.14. The smallest absolute Gasteiger partial charge is 0.277 e. The molecule has 134 valence electrons. The van der Waals surface area contributed by atoms with Gasteiger partial charge in [-0.25, -0.2) is 4.39 Å². The van der Waals surface area contributed by atoms with Crippen LogP contribution in [0.25, 0.3) is 11.5 Å². The van der Waals surface area contributed by atoms with Crippen LogP contribution in [0.2, 0.25) is 0 Å². The topological polar surface area (TPSA) is 59.2 Å². The van der Waals surface area contributed by atoms with Crippen LogP contribution in [0.1, 0.15) is 12.5 Å². The lowest BCUT2D eigenvalue weighted by molar-refractivity contribution is -0.116. The number of benzene rings is 2. The summed E-state index contributed by atoms with van der Waals surface area (Å²) < 4.78 is 18.7. The van der Waals surface area contributed by atoms with E-state index in [1.54, 1.807) is 17.0 Å². The molecule has 0 aliphatic heterocycles. The highest BCUT2D eigenvalue weighted by Gasteiger charge is 2.17. The average Bonchev–Trinajstić information content (AvgIpc) is 3.11. The van der Waals surface area contributed by atoms with Crippen molar-refractivity contribution >= 4 is 23.4 Å². The van der Waals surface area contributed by atoms with Gasteiger partial charge in [0.25, 0.3) is 5.22 Å². The van der Waals surface area contributed by atoms with Gasteiger partial charge in [0.15, 0.2) is 0 Å². The largest absolute Gasteiger partial charge is 0.411 e. The highest BCUT2D eigenvalue weighted by molar-refractivity contribution is 7.99. The number of aryl methyl sites for hydroxylation is 1. The summed E-state index contributed by atoms with van der Waals surface area (Å²) in [6.45, 7) is 4.35. The zero-order chi connectivity index (χ0) is 18.5. The van der Waals surface area contributed by atoms with Gasteiger partial charge in [-0.1, -0.05) is 29.5 Å². The van der Waals surface area contributed by atoms with Crippen LogP contribution in [0.4, 0.5) is 10.1 Å². The summed E-state index contributed by atoms with van der Waals surface area (Å²) in [6, 6.07) is 13.6. The Morgan fingerprint density at radius 3 is 2.65 bits per heavy atom. The summed E-state index contributed by atoms with van der Waals surface area (Å²) in [6.07, 6.45) is 0.